The summed E-state index contributed by atoms with van der Waals surface area (Å²) in [5.41, 5.74) is 5.72. The predicted molar refractivity (Wildman–Crippen MR) is 73.8 cm³/mol. The standard InChI is InChI=1S/C11H15N3OS2/c1-3-7-6-8-9(16-5-4-15-2)13-11(12)14-10(8)17-7/h6H,3-5H2,1-2H3,(H2,12,13,14). The summed E-state index contributed by atoms with van der Waals surface area (Å²) in [6, 6.07) is 2.16. The molecule has 2 aromatic heterocycles. The molecule has 4 nitrogen and oxygen atoms in total. The van der Waals surface area contributed by atoms with E-state index in [0.29, 0.717) is 12.6 Å². The first-order valence-electron chi connectivity index (χ1n) is 5.42. The van der Waals surface area contributed by atoms with Gasteiger partial charge in [0.25, 0.3) is 0 Å². The van der Waals surface area contributed by atoms with Crippen molar-refractivity contribution in [2.75, 3.05) is 25.2 Å². The minimum absolute atomic E-state index is 0.349. The molecule has 92 valence electrons. The molecule has 0 saturated carbocycles. The number of ether oxygens (including phenoxy) is 1. The van der Waals surface area contributed by atoms with Gasteiger partial charge in [0, 0.05) is 23.1 Å². The van der Waals surface area contributed by atoms with Gasteiger partial charge >= 0.3 is 0 Å². The van der Waals surface area contributed by atoms with E-state index < -0.39 is 0 Å². The van der Waals surface area contributed by atoms with Crippen LogP contribution in [0.25, 0.3) is 10.2 Å². The lowest BCUT2D eigenvalue weighted by atomic mass is 10.3. The molecule has 2 N–H and O–H groups in total. The zero-order valence-corrected chi connectivity index (χ0v) is 11.5. The van der Waals surface area contributed by atoms with E-state index in [1.54, 1.807) is 30.2 Å². The maximum Gasteiger partial charge on any atom is 0.222 e. The van der Waals surface area contributed by atoms with Crippen LogP contribution in [-0.2, 0) is 11.2 Å². The first kappa shape index (κ1) is 12.6. The fourth-order valence-corrected chi connectivity index (χ4v) is 3.42. The number of thiophene rings is 1. The second kappa shape index (κ2) is 5.66. The van der Waals surface area contributed by atoms with Crippen molar-refractivity contribution in [3.8, 4) is 0 Å². The van der Waals surface area contributed by atoms with E-state index in [2.05, 4.69) is 23.0 Å². The van der Waals surface area contributed by atoms with Gasteiger partial charge in [-0.2, -0.15) is 0 Å². The number of aromatic nitrogens is 2. The van der Waals surface area contributed by atoms with Gasteiger partial charge in [-0.25, -0.2) is 9.97 Å². The highest BCUT2D eigenvalue weighted by molar-refractivity contribution is 7.99. The molecule has 6 heteroatoms. The molecule has 0 saturated heterocycles. The van der Waals surface area contributed by atoms with Gasteiger partial charge in [-0.1, -0.05) is 6.92 Å². The first-order chi connectivity index (χ1) is 8.24. The number of aryl methyl sites for hydroxylation is 1. The van der Waals surface area contributed by atoms with Crippen molar-refractivity contribution in [3.05, 3.63) is 10.9 Å². The zero-order valence-electron chi connectivity index (χ0n) is 9.90. The normalized spacial score (nSPS) is 11.2. The average molecular weight is 269 g/mol. The summed E-state index contributed by atoms with van der Waals surface area (Å²) >= 11 is 3.35. The Balaban J connectivity index is 2.34. The second-order valence-electron chi connectivity index (χ2n) is 3.51. The van der Waals surface area contributed by atoms with Crippen LogP contribution in [0.3, 0.4) is 0 Å². The maximum absolute atomic E-state index is 5.72. The van der Waals surface area contributed by atoms with Crippen molar-refractivity contribution in [3.63, 3.8) is 0 Å². The fourth-order valence-electron chi connectivity index (χ4n) is 1.47. The molecule has 17 heavy (non-hydrogen) atoms. The lowest BCUT2D eigenvalue weighted by Gasteiger charge is -2.02. The molecule has 0 aliphatic heterocycles. The van der Waals surface area contributed by atoms with Crippen LogP contribution in [0.1, 0.15) is 11.8 Å². The number of rotatable bonds is 5. The molecule has 0 spiro atoms. The number of fused-ring (bicyclic) bond motifs is 1. The summed E-state index contributed by atoms with van der Waals surface area (Å²) in [7, 11) is 1.70. The lowest BCUT2D eigenvalue weighted by Crippen LogP contribution is -1.97. The number of nitrogens with zero attached hydrogens (tertiary/aromatic N) is 2. The lowest BCUT2D eigenvalue weighted by molar-refractivity contribution is 0.218. The number of hydrogen-bond donors (Lipinski definition) is 1. The van der Waals surface area contributed by atoms with Crippen LogP contribution < -0.4 is 5.73 Å². The number of thioether (sulfide) groups is 1. The van der Waals surface area contributed by atoms with Crippen LogP contribution in [0.15, 0.2) is 11.1 Å². The molecule has 0 fully saturated rings. The number of anilines is 1. The Kier molecular flexibility index (Phi) is 4.20. The highest BCUT2D eigenvalue weighted by Gasteiger charge is 2.10. The van der Waals surface area contributed by atoms with Gasteiger partial charge in [-0.3, -0.25) is 0 Å². The van der Waals surface area contributed by atoms with Crippen molar-refractivity contribution in [2.24, 2.45) is 0 Å². The van der Waals surface area contributed by atoms with Gasteiger partial charge in [0.2, 0.25) is 5.95 Å². The van der Waals surface area contributed by atoms with Gasteiger partial charge in [-0.05, 0) is 12.5 Å². The summed E-state index contributed by atoms with van der Waals surface area (Å²) in [5, 5.41) is 2.07. The zero-order chi connectivity index (χ0) is 12.3. The van der Waals surface area contributed by atoms with Crippen LogP contribution in [0.2, 0.25) is 0 Å². The molecule has 2 aromatic rings. The van der Waals surface area contributed by atoms with Gasteiger partial charge < -0.3 is 10.5 Å². The van der Waals surface area contributed by atoms with Gasteiger partial charge in [0.05, 0.1) is 6.61 Å². The molecule has 0 aliphatic carbocycles. The molecule has 0 amide bonds. The van der Waals surface area contributed by atoms with Crippen LogP contribution in [0.4, 0.5) is 5.95 Å². The highest BCUT2D eigenvalue weighted by atomic mass is 32.2. The molecule has 2 rings (SSSR count). The Morgan fingerprint density at radius 1 is 1.47 bits per heavy atom. The van der Waals surface area contributed by atoms with E-state index in [-0.39, 0.29) is 0 Å². The summed E-state index contributed by atoms with van der Waals surface area (Å²) in [5.74, 6) is 1.22. The van der Waals surface area contributed by atoms with Crippen molar-refractivity contribution in [2.45, 2.75) is 18.4 Å². The average Bonchev–Trinajstić information content (AvgIpc) is 2.72. The van der Waals surface area contributed by atoms with E-state index in [1.165, 1.54) is 4.88 Å². The third-order valence-electron chi connectivity index (χ3n) is 2.30. The first-order valence-corrected chi connectivity index (χ1v) is 7.22. The number of nitrogens with two attached hydrogens (primary N) is 1. The van der Waals surface area contributed by atoms with Gasteiger partial charge in [-0.15, -0.1) is 23.1 Å². The molecule has 0 radical (unpaired) electrons. The largest absolute Gasteiger partial charge is 0.384 e. The topological polar surface area (TPSA) is 61.0 Å². The Hall–Kier alpha value is -0.850. The summed E-state index contributed by atoms with van der Waals surface area (Å²) in [6.45, 7) is 2.85. The Morgan fingerprint density at radius 3 is 3.00 bits per heavy atom. The smallest absolute Gasteiger partial charge is 0.222 e. The number of hydrogen-bond acceptors (Lipinski definition) is 6. The van der Waals surface area contributed by atoms with Crippen molar-refractivity contribution in [1.82, 2.24) is 9.97 Å². The predicted octanol–water partition coefficient (Wildman–Crippen LogP) is 2.57. The SMILES string of the molecule is CCc1cc2c(SCCOC)nc(N)nc2s1. The Morgan fingerprint density at radius 2 is 2.29 bits per heavy atom. The van der Waals surface area contributed by atoms with Crippen LogP contribution >= 0.6 is 23.1 Å². The summed E-state index contributed by atoms with van der Waals surface area (Å²) in [4.78, 5) is 10.9. The maximum atomic E-state index is 5.72. The quantitative estimate of drug-likeness (QED) is 0.513. The molecule has 0 unspecified atom stereocenters. The van der Waals surface area contributed by atoms with Crippen molar-refractivity contribution >= 4 is 39.3 Å². The molecular weight excluding hydrogens is 254 g/mol. The molecule has 0 atom stereocenters. The van der Waals surface area contributed by atoms with E-state index >= 15 is 0 Å². The van der Waals surface area contributed by atoms with Crippen molar-refractivity contribution in [1.29, 1.82) is 0 Å². The fraction of sp³-hybridized carbons (Fsp3) is 0.455. The van der Waals surface area contributed by atoms with Gasteiger partial charge in [0.15, 0.2) is 0 Å². The number of nitrogen functional groups attached to an aromatic ring is 1. The third-order valence-corrected chi connectivity index (χ3v) is 4.43. The van der Waals surface area contributed by atoms with Crippen LogP contribution in [-0.4, -0.2) is 29.4 Å². The third kappa shape index (κ3) is 2.88. The van der Waals surface area contributed by atoms with Gasteiger partial charge in [0.1, 0.15) is 9.86 Å². The molecule has 0 aliphatic rings. The second-order valence-corrected chi connectivity index (χ2v) is 5.71. The van der Waals surface area contributed by atoms with E-state index in [9.17, 15) is 0 Å². The van der Waals surface area contributed by atoms with E-state index in [4.69, 9.17) is 10.5 Å². The molecule has 2 heterocycles. The van der Waals surface area contributed by atoms with E-state index in [0.717, 1.165) is 27.4 Å². The molecular formula is C11H15N3OS2. The summed E-state index contributed by atoms with van der Waals surface area (Å²) < 4.78 is 5.04. The minimum Gasteiger partial charge on any atom is -0.384 e. The highest BCUT2D eigenvalue weighted by Crippen LogP contribution is 2.32. The van der Waals surface area contributed by atoms with Crippen LogP contribution in [0.5, 0.6) is 0 Å². The summed E-state index contributed by atoms with van der Waals surface area (Å²) in [6.07, 6.45) is 1.02. The van der Waals surface area contributed by atoms with E-state index in [1.807, 2.05) is 0 Å². The van der Waals surface area contributed by atoms with Crippen molar-refractivity contribution < 1.29 is 4.74 Å². The molecule has 0 aromatic carbocycles. The number of methoxy groups -OCH3 is 1. The Labute approximate surface area is 109 Å². The van der Waals surface area contributed by atoms with Crippen LogP contribution in [0, 0.1) is 0 Å². The molecule has 0 bridgehead atoms. The monoisotopic (exact) mass is 269 g/mol. The Bertz CT molecular complexity index is 513. The minimum atomic E-state index is 0.349.